The highest BCUT2D eigenvalue weighted by atomic mass is 31.1. The largest absolute Gasteiger partial charge is 0.0870 e. The standard InChI is InChI=1S/C40H54P2/c1-7-21-36(32(6)8-2)41(37-25-16-13-22-33(37)9-3)30-40(28-19-12-20-29-40)31-42(38-26-17-14-23-34(38)10-4)39-27-18-15-24-35(39)11-5/h7,13-18,21-27H,8-12,19-20,28-31H2,1-6H3/b21-7-,36-32-. The van der Waals surface area contributed by atoms with Gasteiger partial charge in [0.25, 0.3) is 0 Å². The van der Waals surface area contributed by atoms with Crippen LogP contribution in [0.25, 0.3) is 0 Å². The molecule has 1 atom stereocenters. The Morgan fingerprint density at radius 2 is 1.14 bits per heavy atom. The molecule has 1 aliphatic carbocycles. The molecule has 1 unspecified atom stereocenters. The van der Waals surface area contributed by atoms with Crippen LogP contribution in [-0.4, -0.2) is 12.3 Å². The molecule has 2 heteroatoms. The maximum atomic E-state index is 2.48. The van der Waals surface area contributed by atoms with E-state index in [1.54, 1.807) is 43.5 Å². The molecule has 0 saturated heterocycles. The lowest BCUT2D eigenvalue weighted by Crippen LogP contribution is -2.36. The van der Waals surface area contributed by atoms with Crippen LogP contribution in [0.3, 0.4) is 0 Å². The van der Waals surface area contributed by atoms with Crippen LogP contribution in [0, 0.1) is 5.41 Å². The maximum Gasteiger partial charge on any atom is -0.0163 e. The Balaban J connectivity index is 1.90. The molecule has 0 nitrogen and oxygen atoms in total. The van der Waals surface area contributed by atoms with E-state index in [0.29, 0.717) is 5.41 Å². The Morgan fingerprint density at radius 1 is 0.667 bits per heavy atom. The zero-order chi connectivity index (χ0) is 30.0. The average molecular weight is 597 g/mol. The first kappa shape index (κ1) is 32.9. The minimum atomic E-state index is -0.456. The van der Waals surface area contributed by atoms with E-state index in [-0.39, 0.29) is 0 Å². The van der Waals surface area contributed by atoms with Crippen molar-refractivity contribution in [2.75, 3.05) is 12.3 Å². The van der Waals surface area contributed by atoms with Gasteiger partial charge in [0, 0.05) is 0 Å². The molecule has 1 saturated carbocycles. The Bertz CT molecular complexity index is 1290. The lowest BCUT2D eigenvalue weighted by atomic mass is 9.77. The zero-order valence-corrected chi connectivity index (χ0v) is 29.0. The third kappa shape index (κ3) is 7.74. The second kappa shape index (κ2) is 16.2. The molecule has 4 rings (SSSR count). The number of benzene rings is 3. The molecule has 3 aromatic rings. The normalized spacial score (nSPS) is 16.5. The van der Waals surface area contributed by atoms with Gasteiger partial charge in [-0.1, -0.05) is 137 Å². The summed E-state index contributed by atoms with van der Waals surface area (Å²) in [7, 11) is -0.912. The molecular formula is C40H54P2. The Labute approximate surface area is 260 Å². The summed E-state index contributed by atoms with van der Waals surface area (Å²) in [5, 5.41) is 6.53. The topological polar surface area (TPSA) is 0 Å². The number of aryl methyl sites for hydroxylation is 3. The highest BCUT2D eigenvalue weighted by Gasteiger charge is 2.39. The number of allylic oxidation sites excluding steroid dienone is 4. The fourth-order valence-corrected chi connectivity index (χ4v) is 14.0. The van der Waals surface area contributed by atoms with E-state index in [1.807, 2.05) is 0 Å². The van der Waals surface area contributed by atoms with Crippen molar-refractivity contribution in [1.82, 2.24) is 0 Å². The number of hydrogen-bond acceptors (Lipinski definition) is 0. The van der Waals surface area contributed by atoms with E-state index in [9.17, 15) is 0 Å². The highest BCUT2D eigenvalue weighted by molar-refractivity contribution is 7.73. The van der Waals surface area contributed by atoms with Crippen LogP contribution < -0.4 is 15.9 Å². The molecule has 1 fully saturated rings. The Kier molecular flexibility index (Phi) is 12.7. The average Bonchev–Trinajstić information content (AvgIpc) is 3.05. The molecular weight excluding hydrogens is 542 g/mol. The molecule has 0 aliphatic heterocycles. The van der Waals surface area contributed by atoms with Crippen LogP contribution in [0.5, 0.6) is 0 Å². The van der Waals surface area contributed by atoms with E-state index in [2.05, 4.69) is 126 Å². The van der Waals surface area contributed by atoms with Gasteiger partial charge in [0.1, 0.15) is 0 Å². The van der Waals surface area contributed by atoms with Crippen molar-refractivity contribution >= 4 is 31.8 Å². The first-order valence-corrected chi connectivity index (χ1v) is 19.7. The molecule has 0 radical (unpaired) electrons. The van der Waals surface area contributed by atoms with Crippen LogP contribution >= 0.6 is 15.8 Å². The Morgan fingerprint density at radius 3 is 1.62 bits per heavy atom. The van der Waals surface area contributed by atoms with Gasteiger partial charge in [-0.25, -0.2) is 0 Å². The van der Waals surface area contributed by atoms with Crippen LogP contribution in [0.4, 0.5) is 0 Å². The van der Waals surface area contributed by atoms with Crippen LogP contribution in [0.15, 0.2) is 95.8 Å². The fourth-order valence-electron chi connectivity index (χ4n) is 6.96. The highest BCUT2D eigenvalue weighted by Crippen LogP contribution is 2.58. The molecule has 3 aromatic carbocycles. The summed E-state index contributed by atoms with van der Waals surface area (Å²) in [6, 6.07) is 28.3. The summed E-state index contributed by atoms with van der Waals surface area (Å²) in [4.78, 5) is 0. The van der Waals surface area contributed by atoms with Crippen LogP contribution in [0.1, 0.15) is 96.8 Å². The first-order valence-electron chi connectivity index (χ1n) is 16.6. The molecule has 0 spiro atoms. The maximum absolute atomic E-state index is 2.48. The molecule has 0 heterocycles. The number of hydrogen-bond donors (Lipinski definition) is 0. The quantitative estimate of drug-likeness (QED) is 0.136. The van der Waals surface area contributed by atoms with Gasteiger partial charge in [-0.2, -0.15) is 0 Å². The minimum absolute atomic E-state index is 0.360. The summed E-state index contributed by atoms with van der Waals surface area (Å²) in [5.74, 6) is 0. The molecule has 1 aliphatic rings. The fraction of sp³-hybridized carbons (Fsp3) is 0.450. The second-order valence-electron chi connectivity index (χ2n) is 12.2. The van der Waals surface area contributed by atoms with Gasteiger partial charge in [0.05, 0.1) is 0 Å². The van der Waals surface area contributed by atoms with E-state index in [1.165, 1.54) is 44.4 Å². The predicted octanol–water partition coefficient (Wildman–Crippen LogP) is 10.8. The zero-order valence-electron chi connectivity index (χ0n) is 27.3. The second-order valence-corrected chi connectivity index (χ2v) is 16.5. The monoisotopic (exact) mass is 596 g/mol. The molecule has 42 heavy (non-hydrogen) atoms. The van der Waals surface area contributed by atoms with Crippen LogP contribution in [-0.2, 0) is 19.3 Å². The van der Waals surface area contributed by atoms with Crippen molar-refractivity contribution in [2.45, 2.75) is 99.3 Å². The van der Waals surface area contributed by atoms with Gasteiger partial charge < -0.3 is 0 Å². The van der Waals surface area contributed by atoms with Crippen molar-refractivity contribution in [3.05, 3.63) is 113 Å². The van der Waals surface area contributed by atoms with E-state index >= 15 is 0 Å². The van der Waals surface area contributed by atoms with Crippen molar-refractivity contribution in [3.8, 4) is 0 Å². The van der Waals surface area contributed by atoms with Gasteiger partial charge in [0.15, 0.2) is 0 Å². The van der Waals surface area contributed by atoms with Crippen molar-refractivity contribution in [2.24, 2.45) is 5.41 Å². The lowest BCUT2D eigenvalue weighted by molar-refractivity contribution is 0.255. The lowest BCUT2D eigenvalue weighted by Gasteiger charge is -2.44. The third-order valence-corrected chi connectivity index (χ3v) is 15.6. The smallest absolute Gasteiger partial charge is 0.0163 e. The molecule has 0 N–H and O–H groups in total. The van der Waals surface area contributed by atoms with Gasteiger partial charge in [0.2, 0.25) is 0 Å². The first-order chi connectivity index (χ1) is 20.5. The third-order valence-electron chi connectivity index (χ3n) is 9.47. The SMILES string of the molecule is C/C=C\C(=C(/C)CC)P(CC1(CP(c2ccccc2CC)c2ccccc2CC)CCCCC1)c1ccccc1CC. The molecule has 0 aromatic heterocycles. The van der Waals surface area contributed by atoms with Crippen molar-refractivity contribution < 1.29 is 0 Å². The molecule has 0 amide bonds. The van der Waals surface area contributed by atoms with Gasteiger partial charge >= 0.3 is 0 Å². The van der Waals surface area contributed by atoms with E-state index in [4.69, 9.17) is 0 Å². The minimum Gasteiger partial charge on any atom is -0.0870 e. The van der Waals surface area contributed by atoms with Crippen molar-refractivity contribution in [1.29, 1.82) is 0 Å². The number of rotatable bonds is 13. The van der Waals surface area contributed by atoms with Crippen LogP contribution in [0.2, 0.25) is 0 Å². The summed E-state index contributed by atoms with van der Waals surface area (Å²) in [6.07, 6.45) is 18.8. The van der Waals surface area contributed by atoms with Gasteiger partial charge in [-0.15, -0.1) is 0 Å². The van der Waals surface area contributed by atoms with E-state index < -0.39 is 15.8 Å². The summed E-state index contributed by atoms with van der Waals surface area (Å²) < 4.78 is 0. The Hall–Kier alpha value is -2.00. The summed E-state index contributed by atoms with van der Waals surface area (Å²) in [5.41, 5.74) is 6.59. The predicted molar refractivity (Wildman–Crippen MR) is 193 cm³/mol. The van der Waals surface area contributed by atoms with Gasteiger partial charge in [-0.3, -0.25) is 0 Å². The summed E-state index contributed by atoms with van der Waals surface area (Å²) in [6.45, 7) is 14.0. The van der Waals surface area contributed by atoms with Crippen molar-refractivity contribution in [3.63, 3.8) is 0 Å². The molecule has 224 valence electrons. The van der Waals surface area contributed by atoms with E-state index in [0.717, 1.165) is 25.7 Å². The van der Waals surface area contributed by atoms with Gasteiger partial charge in [-0.05, 0) is 124 Å². The summed E-state index contributed by atoms with van der Waals surface area (Å²) >= 11 is 0. The molecule has 0 bridgehead atoms.